The minimum atomic E-state index is -0.374. The summed E-state index contributed by atoms with van der Waals surface area (Å²) in [5.41, 5.74) is 1.83. The fourth-order valence-corrected chi connectivity index (χ4v) is 2.53. The van der Waals surface area contributed by atoms with E-state index in [2.05, 4.69) is 10.6 Å². The molecule has 2 aromatic rings. The van der Waals surface area contributed by atoms with Gasteiger partial charge in [-0.05, 0) is 36.8 Å². The molecule has 6 nitrogen and oxygen atoms in total. The molecule has 1 amide bonds. The predicted molar refractivity (Wildman–Crippen MR) is 95.4 cm³/mol. The Hall–Kier alpha value is -2.89. The zero-order valence-electron chi connectivity index (χ0n) is 14.4. The molecule has 25 heavy (non-hydrogen) atoms. The molecule has 132 valence electrons. The van der Waals surface area contributed by atoms with Gasteiger partial charge in [0.15, 0.2) is 11.5 Å². The highest BCUT2D eigenvalue weighted by atomic mass is 16.6. The summed E-state index contributed by atoms with van der Waals surface area (Å²) in [6, 6.07) is 12.8. The summed E-state index contributed by atoms with van der Waals surface area (Å²) >= 11 is 0. The van der Waals surface area contributed by atoms with E-state index in [1.807, 2.05) is 49.4 Å². The number of anilines is 1. The molecule has 0 saturated heterocycles. The van der Waals surface area contributed by atoms with E-state index in [1.165, 1.54) is 0 Å². The third kappa shape index (κ3) is 4.35. The van der Waals surface area contributed by atoms with Gasteiger partial charge >= 0.3 is 0 Å². The Morgan fingerprint density at radius 2 is 1.84 bits per heavy atom. The second-order valence-corrected chi connectivity index (χ2v) is 5.79. The number of fused-ring (bicyclic) bond motifs is 1. The molecule has 0 unspecified atom stereocenters. The van der Waals surface area contributed by atoms with Crippen LogP contribution in [0.1, 0.15) is 12.5 Å². The standard InChI is InChI=1S/C19H22N2O4/c1-13(19(22)20-12-14-3-6-16(23-2)7-4-14)21-15-5-8-17-18(11-15)25-10-9-24-17/h3-8,11,13,21H,9-10,12H2,1-2H3,(H,20,22)/t13-/m0/s1. The largest absolute Gasteiger partial charge is 0.497 e. The van der Waals surface area contributed by atoms with Gasteiger partial charge in [-0.25, -0.2) is 0 Å². The first-order chi connectivity index (χ1) is 12.2. The van der Waals surface area contributed by atoms with Gasteiger partial charge in [0.2, 0.25) is 5.91 Å². The van der Waals surface area contributed by atoms with Crippen molar-refractivity contribution < 1.29 is 19.0 Å². The van der Waals surface area contributed by atoms with Crippen LogP contribution in [0, 0.1) is 0 Å². The topological polar surface area (TPSA) is 68.8 Å². The van der Waals surface area contributed by atoms with Crippen molar-refractivity contribution in [2.24, 2.45) is 0 Å². The summed E-state index contributed by atoms with van der Waals surface area (Å²) in [7, 11) is 1.63. The SMILES string of the molecule is COc1ccc(CNC(=O)[C@H](C)Nc2ccc3c(c2)OCCO3)cc1. The molecular weight excluding hydrogens is 320 g/mol. The average molecular weight is 342 g/mol. The van der Waals surface area contributed by atoms with Crippen molar-refractivity contribution in [3.63, 3.8) is 0 Å². The van der Waals surface area contributed by atoms with Crippen LogP contribution in [0.15, 0.2) is 42.5 Å². The molecule has 0 aliphatic carbocycles. The van der Waals surface area contributed by atoms with Crippen molar-refractivity contribution in [3.05, 3.63) is 48.0 Å². The van der Waals surface area contributed by atoms with E-state index in [4.69, 9.17) is 14.2 Å². The van der Waals surface area contributed by atoms with E-state index < -0.39 is 0 Å². The van der Waals surface area contributed by atoms with Crippen LogP contribution in [0.4, 0.5) is 5.69 Å². The Kier molecular flexibility index (Phi) is 5.28. The molecule has 2 aromatic carbocycles. The number of hydrogen-bond acceptors (Lipinski definition) is 5. The number of ether oxygens (including phenoxy) is 3. The van der Waals surface area contributed by atoms with Gasteiger partial charge in [-0.1, -0.05) is 12.1 Å². The Morgan fingerprint density at radius 1 is 1.12 bits per heavy atom. The van der Waals surface area contributed by atoms with E-state index in [-0.39, 0.29) is 11.9 Å². The molecule has 1 aliphatic rings. The number of nitrogens with one attached hydrogen (secondary N) is 2. The second kappa shape index (κ2) is 7.79. The van der Waals surface area contributed by atoms with E-state index in [0.717, 1.165) is 22.7 Å². The van der Waals surface area contributed by atoms with Gasteiger partial charge in [0.05, 0.1) is 7.11 Å². The smallest absolute Gasteiger partial charge is 0.242 e. The van der Waals surface area contributed by atoms with Crippen LogP contribution >= 0.6 is 0 Å². The van der Waals surface area contributed by atoms with Crippen LogP contribution in [0.25, 0.3) is 0 Å². The minimum absolute atomic E-state index is 0.0780. The third-order valence-corrected chi connectivity index (χ3v) is 3.94. The first-order valence-corrected chi connectivity index (χ1v) is 8.22. The van der Waals surface area contributed by atoms with E-state index in [1.54, 1.807) is 7.11 Å². The van der Waals surface area contributed by atoms with Crippen molar-refractivity contribution in [2.75, 3.05) is 25.6 Å². The molecule has 1 aliphatic heterocycles. The first-order valence-electron chi connectivity index (χ1n) is 8.22. The molecule has 0 spiro atoms. The Labute approximate surface area is 147 Å². The number of amides is 1. The van der Waals surface area contributed by atoms with Crippen LogP contribution in [0.2, 0.25) is 0 Å². The molecule has 0 bridgehead atoms. The zero-order valence-corrected chi connectivity index (χ0v) is 14.4. The lowest BCUT2D eigenvalue weighted by Crippen LogP contribution is -2.37. The first kappa shape index (κ1) is 17.0. The van der Waals surface area contributed by atoms with Crippen molar-refractivity contribution in [1.82, 2.24) is 5.32 Å². The fraction of sp³-hybridized carbons (Fsp3) is 0.316. The van der Waals surface area contributed by atoms with Crippen LogP contribution < -0.4 is 24.8 Å². The van der Waals surface area contributed by atoms with Crippen LogP contribution in [-0.2, 0) is 11.3 Å². The lowest BCUT2D eigenvalue weighted by molar-refractivity contribution is -0.121. The molecule has 2 N–H and O–H groups in total. The van der Waals surface area contributed by atoms with Gasteiger partial charge in [-0.3, -0.25) is 4.79 Å². The molecule has 3 rings (SSSR count). The van der Waals surface area contributed by atoms with Gasteiger partial charge in [0, 0.05) is 18.3 Å². The highest BCUT2D eigenvalue weighted by molar-refractivity contribution is 5.84. The van der Waals surface area contributed by atoms with Crippen molar-refractivity contribution in [3.8, 4) is 17.2 Å². The fourth-order valence-electron chi connectivity index (χ4n) is 2.53. The second-order valence-electron chi connectivity index (χ2n) is 5.79. The van der Waals surface area contributed by atoms with Crippen LogP contribution in [0.5, 0.6) is 17.2 Å². The maximum atomic E-state index is 12.3. The van der Waals surface area contributed by atoms with E-state index in [0.29, 0.717) is 25.5 Å². The van der Waals surface area contributed by atoms with Gasteiger partial charge in [-0.15, -0.1) is 0 Å². The third-order valence-electron chi connectivity index (χ3n) is 3.94. The van der Waals surface area contributed by atoms with Gasteiger partial charge in [0.1, 0.15) is 25.0 Å². The maximum Gasteiger partial charge on any atom is 0.242 e. The number of rotatable bonds is 6. The molecular formula is C19H22N2O4. The minimum Gasteiger partial charge on any atom is -0.497 e. The number of methoxy groups -OCH3 is 1. The summed E-state index contributed by atoms with van der Waals surface area (Å²) in [5.74, 6) is 2.14. The number of benzene rings is 2. The average Bonchev–Trinajstić information content (AvgIpc) is 2.66. The summed E-state index contributed by atoms with van der Waals surface area (Å²) < 4.78 is 16.2. The van der Waals surface area contributed by atoms with Gasteiger partial charge in [0.25, 0.3) is 0 Å². The maximum absolute atomic E-state index is 12.3. The highest BCUT2D eigenvalue weighted by Crippen LogP contribution is 2.32. The normalized spacial score (nSPS) is 13.7. The Bertz CT molecular complexity index is 731. The van der Waals surface area contributed by atoms with E-state index >= 15 is 0 Å². The van der Waals surface area contributed by atoms with E-state index in [9.17, 15) is 4.79 Å². The van der Waals surface area contributed by atoms with Crippen LogP contribution in [-0.4, -0.2) is 32.3 Å². The lowest BCUT2D eigenvalue weighted by atomic mass is 10.2. The summed E-state index contributed by atoms with van der Waals surface area (Å²) in [6.45, 7) is 3.38. The Morgan fingerprint density at radius 3 is 2.56 bits per heavy atom. The Balaban J connectivity index is 1.53. The quantitative estimate of drug-likeness (QED) is 0.844. The molecule has 0 saturated carbocycles. The van der Waals surface area contributed by atoms with Crippen LogP contribution in [0.3, 0.4) is 0 Å². The molecule has 1 heterocycles. The monoisotopic (exact) mass is 342 g/mol. The molecule has 0 radical (unpaired) electrons. The molecule has 0 fully saturated rings. The predicted octanol–water partition coefficient (Wildman–Crippen LogP) is 2.58. The molecule has 6 heteroatoms. The number of hydrogen-bond donors (Lipinski definition) is 2. The van der Waals surface area contributed by atoms with Crippen molar-refractivity contribution >= 4 is 11.6 Å². The highest BCUT2D eigenvalue weighted by Gasteiger charge is 2.15. The zero-order chi connectivity index (χ0) is 17.6. The number of carbonyl (C=O) groups excluding carboxylic acids is 1. The molecule has 1 atom stereocenters. The lowest BCUT2D eigenvalue weighted by Gasteiger charge is -2.20. The summed E-state index contributed by atoms with van der Waals surface area (Å²) in [5, 5.41) is 6.10. The molecule has 0 aromatic heterocycles. The van der Waals surface area contributed by atoms with Crippen molar-refractivity contribution in [2.45, 2.75) is 19.5 Å². The summed E-state index contributed by atoms with van der Waals surface area (Å²) in [6.07, 6.45) is 0. The van der Waals surface area contributed by atoms with Gasteiger partial charge < -0.3 is 24.8 Å². The number of carbonyl (C=O) groups is 1. The van der Waals surface area contributed by atoms with Gasteiger partial charge in [-0.2, -0.15) is 0 Å². The summed E-state index contributed by atoms with van der Waals surface area (Å²) in [4.78, 5) is 12.3. The van der Waals surface area contributed by atoms with Crippen molar-refractivity contribution in [1.29, 1.82) is 0 Å².